The molecular formula is C18H14F3NOS. The molecule has 24 heavy (non-hydrogen) atoms. The normalized spacial score (nSPS) is 26.0. The fourth-order valence-corrected chi connectivity index (χ4v) is 4.65. The predicted molar refractivity (Wildman–Crippen MR) is 87.3 cm³/mol. The molecule has 0 fully saturated rings. The Balaban J connectivity index is 1.79. The van der Waals surface area contributed by atoms with E-state index in [1.807, 2.05) is 30.3 Å². The van der Waals surface area contributed by atoms with Crippen LogP contribution in [0.5, 0.6) is 0 Å². The third-order valence-corrected chi connectivity index (χ3v) is 5.63. The number of ether oxygens (including phenoxy) is 1. The lowest BCUT2D eigenvalue weighted by atomic mass is 9.81. The Morgan fingerprint density at radius 2 is 1.75 bits per heavy atom. The van der Waals surface area contributed by atoms with E-state index in [1.165, 1.54) is 11.8 Å². The van der Waals surface area contributed by atoms with E-state index in [-0.39, 0.29) is 18.2 Å². The monoisotopic (exact) mass is 349 g/mol. The summed E-state index contributed by atoms with van der Waals surface area (Å²) in [5.74, 6) is -1.36. The number of hydrogen-bond acceptors (Lipinski definition) is 3. The number of aliphatic imine (C=N–C) groups is 1. The van der Waals surface area contributed by atoms with Crippen molar-refractivity contribution in [2.75, 3.05) is 12.3 Å². The first-order valence-corrected chi connectivity index (χ1v) is 8.57. The molecule has 4 rings (SSSR count). The van der Waals surface area contributed by atoms with Crippen LogP contribution in [0.4, 0.5) is 13.2 Å². The third-order valence-electron chi connectivity index (χ3n) is 4.46. The largest absolute Gasteiger partial charge is 0.463 e. The van der Waals surface area contributed by atoms with Crippen LogP contribution < -0.4 is 0 Å². The number of fused-ring (bicyclic) bond motifs is 2. The van der Waals surface area contributed by atoms with E-state index in [9.17, 15) is 13.2 Å². The molecule has 2 heterocycles. The average Bonchev–Trinajstić information content (AvgIpc) is 3.00. The Bertz CT molecular complexity index is 790. The summed E-state index contributed by atoms with van der Waals surface area (Å²) >= 11 is 1.23. The average molecular weight is 349 g/mol. The highest BCUT2D eigenvalue weighted by atomic mass is 32.2. The highest BCUT2D eigenvalue weighted by Crippen LogP contribution is 2.53. The second-order valence-corrected chi connectivity index (χ2v) is 6.94. The van der Waals surface area contributed by atoms with Gasteiger partial charge in [0.05, 0.1) is 6.54 Å². The van der Waals surface area contributed by atoms with E-state index in [2.05, 4.69) is 4.99 Å². The molecule has 0 radical (unpaired) electrons. The van der Waals surface area contributed by atoms with Gasteiger partial charge in [0.2, 0.25) is 5.90 Å². The number of hydrogen-bond donors (Lipinski definition) is 0. The summed E-state index contributed by atoms with van der Waals surface area (Å²) < 4.78 is 47.1. The van der Waals surface area contributed by atoms with E-state index in [0.29, 0.717) is 11.1 Å². The highest BCUT2D eigenvalue weighted by Gasteiger charge is 2.60. The van der Waals surface area contributed by atoms with E-state index < -0.39 is 17.7 Å². The molecule has 0 aliphatic carbocycles. The molecule has 1 spiro atoms. The summed E-state index contributed by atoms with van der Waals surface area (Å²) in [5.41, 5.74) is -0.185. The molecule has 2 aliphatic heterocycles. The van der Waals surface area contributed by atoms with E-state index in [1.54, 1.807) is 24.3 Å². The lowest BCUT2D eigenvalue weighted by molar-refractivity contribution is -0.214. The van der Waals surface area contributed by atoms with Crippen molar-refractivity contribution in [1.29, 1.82) is 0 Å². The molecule has 0 bridgehead atoms. The topological polar surface area (TPSA) is 21.6 Å². The number of rotatable bonds is 1. The maximum absolute atomic E-state index is 13.7. The van der Waals surface area contributed by atoms with Crippen LogP contribution in [0.3, 0.4) is 0 Å². The molecule has 2 nitrogen and oxygen atoms in total. The summed E-state index contributed by atoms with van der Waals surface area (Å²) in [6, 6.07) is 16.2. The van der Waals surface area contributed by atoms with Gasteiger partial charge >= 0.3 is 6.18 Å². The molecule has 2 aromatic rings. The van der Waals surface area contributed by atoms with Gasteiger partial charge in [0.25, 0.3) is 0 Å². The van der Waals surface area contributed by atoms with Gasteiger partial charge < -0.3 is 4.74 Å². The lowest BCUT2D eigenvalue weighted by Crippen LogP contribution is -2.49. The molecule has 0 amide bonds. The minimum atomic E-state index is -4.35. The molecule has 0 unspecified atom stereocenters. The molecule has 0 saturated heterocycles. The van der Waals surface area contributed by atoms with Crippen LogP contribution in [0.15, 0.2) is 64.5 Å². The number of alkyl halides is 3. The summed E-state index contributed by atoms with van der Waals surface area (Å²) in [5, 5.41) is 0. The van der Waals surface area contributed by atoms with Crippen molar-refractivity contribution in [3.8, 4) is 0 Å². The molecular weight excluding hydrogens is 335 g/mol. The van der Waals surface area contributed by atoms with Crippen LogP contribution in [0, 0.1) is 5.92 Å². The zero-order valence-corrected chi connectivity index (χ0v) is 13.4. The Kier molecular flexibility index (Phi) is 3.60. The van der Waals surface area contributed by atoms with Gasteiger partial charge in [0.15, 0.2) is 5.60 Å². The first kappa shape index (κ1) is 15.6. The number of thioether (sulfide) groups is 1. The lowest BCUT2D eigenvalue weighted by Gasteiger charge is -2.41. The summed E-state index contributed by atoms with van der Waals surface area (Å²) in [6.45, 7) is -0.0149. The fourth-order valence-electron chi connectivity index (χ4n) is 3.28. The fraction of sp³-hybridized carbons (Fsp3) is 0.278. The summed E-state index contributed by atoms with van der Waals surface area (Å²) in [7, 11) is 0. The van der Waals surface area contributed by atoms with E-state index >= 15 is 0 Å². The summed E-state index contributed by atoms with van der Waals surface area (Å²) in [6.07, 6.45) is -4.35. The van der Waals surface area contributed by atoms with Crippen molar-refractivity contribution >= 4 is 17.7 Å². The molecule has 124 valence electrons. The van der Waals surface area contributed by atoms with Crippen LogP contribution in [0.25, 0.3) is 0 Å². The Hall–Kier alpha value is -1.95. The molecule has 6 heteroatoms. The van der Waals surface area contributed by atoms with Crippen molar-refractivity contribution in [3.63, 3.8) is 0 Å². The Morgan fingerprint density at radius 3 is 2.50 bits per heavy atom. The SMILES string of the molecule is FC(F)(F)[C@H]1CSc2ccccc2[C@@]12CN=C(c1ccccc1)O2. The molecule has 0 saturated carbocycles. The second kappa shape index (κ2) is 5.55. The minimum Gasteiger partial charge on any atom is -0.463 e. The van der Waals surface area contributed by atoms with Gasteiger partial charge in [0.1, 0.15) is 5.92 Å². The molecule has 2 aliphatic rings. The maximum atomic E-state index is 13.7. The smallest absolute Gasteiger partial charge is 0.396 e. The van der Waals surface area contributed by atoms with Crippen LogP contribution in [0.1, 0.15) is 11.1 Å². The maximum Gasteiger partial charge on any atom is 0.396 e. The number of halogens is 3. The first-order valence-electron chi connectivity index (χ1n) is 7.59. The van der Waals surface area contributed by atoms with Crippen molar-refractivity contribution in [1.82, 2.24) is 0 Å². The zero-order chi connectivity index (χ0) is 16.8. The van der Waals surface area contributed by atoms with Crippen LogP contribution >= 0.6 is 11.8 Å². The highest BCUT2D eigenvalue weighted by molar-refractivity contribution is 7.99. The van der Waals surface area contributed by atoms with Gasteiger partial charge in [-0.3, -0.25) is 0 Å². The van der Waals surface area contributed by atoms with Crippen molar-refractivity contribution in [2.45, 2.75) is 16.7 Å². The molecule has 2 aromatic carbocycles. The van der Waals surface area contributed by atoms with Gasteiger partial charge in [-0.25, -0.2) is 4.99 Å². The first-order chi connectivity index (χ1) is 11.5. The summed E-state index contributed by atoms with van der Waals surface area (Å²) in [4.78, 5) is 5.17. The standard InChI is InChI=1S/C18H14F3NOS/c19-18(20,21)15-10-24-14-9-5-4-8-13(14)17(15)11-22-16(23-17)12-6-2-1-3-7-12/h1-9,15H,10-11H2/t15-,17-/m0/s1. The Labute approximate surface area is 141 Å². The third kappa shape index (κ3) is 2.40. The van der Waals surface area contributed by atoms with E-state index in [0.717, 1.165) is 4.90 Å². The molecule has 2 atom stereocenters. The van der Waals surface area contributed by atoms with Gasteiger partial charge in [-0.15, -0.1) is 11.8 Å². The van der Waals surface area contributed by atoms with Gasteiger partial charge in [-0.1, -0.05) is 36.4 Å². The zero-order valence-electron chi connectivity index (χ0n) is 12.6. The second-order valence-electron chi connectivity index (χ2n) is 5.88. The molecule has 0 N–H and O–H groups in total. The number of nitrogens with zero attached hydrogens (tertiary/aromatic N) is 1. The van der Waals surface area contributed by atoms with Crippen LogP contribution in [-0.4, -0.2) is 24.4 Å². The van der Waals surface area contributed by atoms with Gasteiger partial charge in [-0.2, -0.15) is 13.2 Å². The van der Waals surface area contributed by atoms with Crippen LogP contribution in [0.2, 0.25) is 0 Å². The quantitative estimate of drug-likeness (QED) is 0.748. The van der Waals surface area contributed by atoms with Crippen LogP contribution in [-0.2, 0) is 10.3 Å². The number of benzene rings is 2. The van der Waals surface area contributed by atoms with Crippen molar-refractivity contribution in [2.24, 2.45) is 10.9 Å². The molecule has 0 aromatic heterocycles. The van der Waals surface area contributed by atoms with Crippen molar-refractivity contribution in [3.05, 3.63) is 65.7 Å². The predicted octanol–water partition coefficient (Wildman–Crippen LogP) is 4.64. The van der Waals surface area contributed by atoms with E-state index in [4.69, 9.17) is 4.74 Å². The van der Waals surface area contributed by atoms with Gasteiger partial charge in [0, 0.05) is 21.8 Å². The van der Waals surface area contributed by atoms with Gasteiger partial charge in [-0.05, 0) is 18.2 Å². The Morgan fingerprint density at radius 1 is 1.04 bits per heavy atom. The van der Waals surface area contributed by atoms with Crippen molar-refractivity contribution < 1.29 is 17.9 Å². The minimum absolute atomic E-state index is 0.0149.